The third-order valence-electron chi connectivity index (χ3n) is 5.06. The number of pyridine rings is 1. The normalized spacial score (nSPS) is 24.8. The van der Waals surface area contributed by atoms with Crippen LogP contribution in [0, 0.1) is 5.92 Å². The van der Waals surface area contributed by atoms with Crippen LogP contribution in [0.25, 0.3) is 22.4 Å². The van der Waals surface area contributed by atoms with Crippen LogP contribution in [0.1, 0.15) is 6.42 Å². The Labute approximate surface area is 167 Å². The molecule has 1 aromatic carbocycles. The molecule has 1 fully saturated rings. The molecule has 4 atom stereocenters. The number of anilines is 1. The van der Waals surface area contributed by atoms with E-state index in [4.69, 9.17) is 9.56 Å². The zero-order valence-electron chi connectivity index (χ0n) is 15.3. The molecule has 2 aromatic heterocycles. The van der Waals surface area contributed by atoms with Gasteiger partial charge in [-0.25, -0.2) is 5.14 Å². The summed E-state index contributed by atoms with van der Waals surface area (Å²) in [6.07, 6.45) is -0.360. The van der Waals surface area contributed by atoms with E-state index >= 15 is 0 Å². The lowest BCUT2D eigenvalue weighted by molar-refractivity contribution is 0.00781. The Morgan fingerprint density at radius 2 is 1.97 bits per heavy atom. The number of aromatic nitrogens is 1. The number of nitrogens with two attached hydrogens (primary N) is 1. The van der Waals surface area contributed by atoms with Crippen LogP contribution in [-0.2, 0) is 14.5 Å². The van der Waals surface area contributed by atoms with Crippen molar-refractivity contribution in [2.24, 2.45) is 11.1 Å². The van der Waals surface area contributed by atoms with Crippen molar-refractivity contribution in [1.29, 1.82) is 0 Å². The van der Waals surface area contributed by atoms with Crippen LogP contribution in [-0.4, -0.2) is 48.5 Å². The molecule has 0 amide bonds. The number of nitrogens with one attached hydrogen (secondary N) is 1. The zero-order chi connectivity index (χ0) is 20.6. The first-order valence-corrected chi connectivity index (χ1v) is 10.5. The molecule has 0 unspecified atom stereocenters. The quantitative estimate of drug-likeness (QED) is 0.466. The van der Waals surface area contributed by atoms with Gasteiger partial charge in [-0.05, 0) is 12.5 Å². The Morgan fingerprint density at radius 1 is 1.21 bits per heavy atom. The first-order valence-electron chi connectivity index (χ1n) is 9.05. The minimum absolute atomic E-state index is 0.286. The maximum absolute atomic E-state index is 11.0. The maximum atomic E-state index is 11.0. The fourth-order valence-electron chi connectivity index (χ4n) is 3.61. The number of hydrogen-bond donors (Lipinski definition) is 4. The number of aliphatic hydroxyl groups excluding tert-OH is 2. The predicted octanol–water partition coefficient (Wildman–Crippen LogP) is 1.24. The lowest BCUT2D eigenvalue weighted by atomic mass is 10.1. The molecule has 0 saturated heterocycles. The molecule has 3 aromatic rings. The number of rotatable bonds is 6. The summed E-state index contributed by atoms with van der Waals surface area (Å²) < 4.78 is 32.5. The molecule has 0 bridgehead atoms. The molecule has 0 spiro atoms. The SMILES string of the molecule is NS(=O)(=O)OC[C@H]1C[C@@H](Nc2ccnc3cc(-c4ccccc4)oc23)[C@H](O)[C@@H]1O. The van der Waals surface area contributed by atoms with Gasteiger partial charge in [0.15, 0.2) is 5.58 Å². The Morgan fingerprint density at radius 3 is 2.69 bits per heavy atom. The van der Waals surface area contributed by atoms with Crippen molar-refractivity contribution < 1.29 is 27.2 Å². The molecule has 1 saturated carbocycles. The molecule has 154 valence electrons. The highest BCUT2D eigenvalue weighted by Crippen LogP contribution is 2.34. The summed E-state index contributed by atoms with van der Waals surface area (Å²) in [5.74, 6) is 0.0726. The minimum atomic E-state index is -4.12. The van der Waals surface area contributed by atoms with Crippen LogP contribution in [0.2, 0.25) is 0 Å². The van der Waals surface area contributed by atoms with Gasteiger partial charge in [0, 0.05) is 23.7 Å². The van der Waals surface area contributed by atoms with E-state index in [1.807, 2.05) is 36.4 Å². The number of nitrogens with zero attached hydrogens (tertiary/aromatic N) is 1. The zero-order valence-corrected chi connectivity index (χ0v) is 16.1. The summed E-state index contributed by atoms with van der Waals surface area (Å²) in [6.45, 7) is -0.306. The standard InChI is InChI=1S/C19H21N3O6S/c20-29(25,26)27-10-12-8-14(18(24)17(12)23)22-13-6-7-21-15-9-16(28-19(13)15)11-4-2-1-3-5-11/h1-7,9,12,14,17-18,23-24H,8,10H2,(H,21,22)(H2,20,25,26)/t12-,14-,17-,18+/m1/s1. The maximum Gasteiger partial charge on any atom is 0.333 e. The first kappa shape index (κ1) is 19.8. The molecule has 1 aliphatic carbocycles. The highest BCUT2D eigenvalue weighted by atomic mass is 32.2. The van der Waals surface area contributed by atoms with Gasteiger partial charge in [-0.2, -0.15) is 8.42 Å². The second-order valence-corrected chi connectivity index (χ2v) is 8.28. The van der Waals surface area contributed by atoms with E-state index in [-0.39, 0.29) is 13.0 Å². The topological polar surface area (TPSA) is 148 Å². The van der Waals surface area contributed by atoms with Crippen LogP contribution in [0.15, 0.2) is 53.1 Å². The number of benzene rings is 1. The van der Waals surface area contributed by atoms with Crippen molar-refractivity contribution in [3.05, 3.63) is 48.7 Å². The van der Waals surface area contributed by atoms with Gasteiger partial charge in [0.2, 0.25) is 0 Å². The molecule has 29 heavy (non-hydrogen) atoms. The third kappa shape index (κ3) is 4.26. The molecule has 1 aliphatic rings. The Kier molecular flexibility index (Phi) is 5.28. The number of hydrogen-bond acceptors (Lipinski definition) is 8. The fourth-order valence-corrected chi connectivity index (χ4v) is 3.98. The van der Waals surface area contributed by atoms with Gasteiger partial charge in [0.05, 0.1) is 24.4 Å². The summed E-state index contributed by atoms with van der Waals surface area (Å²) in [7, 11) is -4.12. The monoisotopic (exact) mass is 419 g/mol. The van der Waals surface area contributed by atoms with E-state index in [9.17, 15) is 18.6 Å². The van der Waals surface area contributed by atoms with Gasteiger partial charge in [-0.3, -0.25) is 9.17 Å². The van der Waals surface area contributed by atoms with E-state index in [0.29, 0.717) is 22.5 Å². The Bertz CT molecular complexity index is 1100. The van der Waals surface area contributed by atoms with Gasteiger partial charge < -0.3 is 19.9 Å². The summed E-state index contributed by atoms with van der Waals surface area (Å²) in [5.41, 5.74) is 2.70. The van der Waals surface area contributed by atoms with E-state index in [1.165, 1.54) is 0 Å². The second-order valence-electron chi connectivity index (χ2n) is 7.05. The minimum Gasteiger partial charge on any atom is -0.452 e. The summed E-state index contributed by atoms with van der Waals surface area (Å²) in [4.78, 5) is 4.32. The van der Waals surface area contributed by atoms with Crippen LogP contribution in [0.3, 0.4) is 0 Å². The predicted molar refractivity (Wildman–Crippen MR) is 106 cm³/mol. The van der Waals surface area contributed by atoms with Gasteiger partial charge in [-0.15, -0.1) is 0 Å². The number of aliphatic hydroxyl groups is 2. The van der Waals surface area contributed by atoms with Crippen molar-refractivity contribution in [3.63, 3.8) is 0 Å². The van der Waals surface area contributed by atoms with Crippen molar-refractivity contribution >= 4 is 27.1 Å². The Balaban J connectivity index is 1.55. The second kappa shape index (κ2) is 7.73. The summed E-state index contributed by atoms with van der Waals surface area (Å²) >= 11 is 0. The van der Waals surface area contributed by atoms with Gasteiger partial charge in [0.25, 0.3) is 0 Å². The molecule has 9 nitrogen and oxygen atoms in total. The molecular formula is C19H21N3O6S. The lowest BCUT2D eigenvalue weighted by Gasteiger charge is -2.19. The first-order chi connectivity index (χ1) is 13.8. The largest absolute Gasteiger partial charge is 0.452 e. The average molecular weight is 419 g/mol. The van der Waals surface area contributed by atoms with Crippen molar-refractivity contribution in [2.75, 3.05) is 11.9 Å². The van der Waals surface area contributed by atoms with E-state index < -0.39 is 34.5 Å². The van der Waals surface area contributed by atoms with Crippen LogP contribution in [0.4, 0.5) is 5.69 Å². The molecule has 4 rings (SSSR count). The summed E-state index contributed by atoms with van der Waals surface area (Å²) in [5, 5.41) is 28.6. The van der Waals surface area contributed by atoms with Gasteiger partial charge >= 0.3 is 10.3 Å². The number of fused-ring (bicyclic) bond motifs is 1. The smallest absolute Gasteiger partial charge is 0.333 e. The molecular weight excluding hydrogens is 398 g/mol. The molecule has 10 heteroatoms. The molecule has 2 heterocycles. The van der Waals surface area contributed by atoms with Gasteiger partial charge in [0.1, 0.15) is 17.4 Å². The third-order valence-corrected chi connectivity index (χ3v) is 5.52. The van der Waals surface area contributed by atoms with Crippen molar-refractivity contribution in [1.82, 2.24) is 4.98 Å². The fraction of sp³-hybridized carbons (Fsp3) is 0.316. The lowest BCUT2D eigenvalue weighted by Crippen LogP contribution is -2.35. The average Bonchev–Trinajstić information content (AvgIpc) is 3.24. The molecule has 5 N–H and O–H groups in total. The molecule has 0 aliphatic heterocycles. The van der Waals surface area contributed by atoms with Crippen LogP contribution >= 0.6 is 0 Å². The number of furan rings is 1. The highest BCUT2D eigenvalue weighted by Gasteiger charge is 2.42. The van der Waals surface area contributed by atoms with Crippen molar-refractivity contribution in [2.45, 2.75) is 24.7 Å². The van der Waals surface area contributed by atoms with E-state index in [2.05, 4.69) is 14.5 Å². The summed E-state index contributed by atoms with van der Waals surface area (Å²) in [6, 6.07) is 12.6. The van der Waals surface area contributed by atoms with E-state index in [1.54, 1.807) is 12.3 Å². The highest BCUT2D eigenvalue weighted by molar-refractivity contribution is 7.84. The van der Waals surface area contributed by atoms with Crippen LogP contribution < -0.4 is 10.5 Å². The van der Waals surface area contributed by atoms with Crippen molar-refractivity contribution in [3.8, 4) is 11.3 Å². The van der Waals surface area contributed by atoms with Crippen LogP contribution in [0.5, 0.6) is 0 Å². The Hall–Kier alpha value is -2.50. The van der Waals surface area contributed by atoms with E-state index in [0.717, 1.165) is 5.56 Å². The molecule has 0 radical (unpaired) electrons. The van der Waals surface area contributed by atoms with Gasteiger partial charge in [-0.1, -0.05) is 30.3 Å².